The summed E-state index contributed by atoms with van der Waals surface area (Å²) in [6.07, 6.45) is 0. The van der Waals surface area contributed by atoms with E-state index in [1.165, 1.54) is 0 Å². The quantitative estimate of drug-likeness (QED) is 0.357. The van der Waals surface area contributed by atoms with E-state index in [-0.39, 0.29) is 11.3 Å². The fourth-order valence-corrected chi connectivity index (χ4v) is 4.85. The number of hydrogen-bond acceptors (Lipinski definition) is 8. The third-order valence-corrected chi connectivity index (χ3v) is 6.63. The lowest BCUT2D eigenvalue weighted by Crippen LogP contribution is -2.42. The van der Waals surface area contributed by atoms with Crippen LogP contribution in [0.1, 0.15) is 24.1 Å². The number of ketones is 1. The lowest BCUT2D eigenvalue weighted by atomic mass is 9.94. The van der Waals surface area contributed by atoms with Crippen LogP contribution in [0.25, 0.3) is 5.76 Å². The number of morpholine rings is 1. The maximum Gasteiger partial charge on any atom is 0.295 e. The Hall–Kier alpha value is -3.56. The van der Waals surface area contributed by atoms with Gasteiger partial charge in [0.25, 0.3) is 11.7 Å². The summed E-state index contributed by atoms with van der Waals surface area (Å²) in [4.78, 5) is 30.4. The monoisotopic (exact) mass is 494 g/mol. The zero-order valence-corrected chi connectivity index (χ0v) is 20.3. The van der Waals surface area contributed by atoms with E-state index in [2.05, 4.69) is 4.90 Å². The molecular weight excluding hydrogens is 464 g/mol. The predicted molar refractivity (Wildman–Crippen MR) is 131 cm³/mol. The van der Waals surface area contributed by atoms with Crippen LogP contribution >= 0.6 is 0 Å². The molecule has 2 fully saturated rings. The molecule has 5 rings (SSSR count). The molecule has 1 amide bonds. The molecule has 9 nitrogen and oxygen atoms in total. The number of aliphatic hydroxyl groups excluding tert-OH is 1. The third kappa shape index (κ3) is 4.64. The highest BCUT2D eigenvalue weighted by molar-refractivity contribution is 6.46. The first kappa shape index (κ1) is 24.1. The molecular formula is C27H30N2O7. The molecule has 1 unspecified atom stereocenters. The molecule has 2 saturated heterocycles. The van der Waals surface area contributed by atoms with Crippen molar-refractivity contribution in [1.82, 2.24) is 9.80 Å². The van der Waals surface area contributed by atoms with Crippen molar-refractivity contribution in [3.05, 3.63) is 59.2 Å². The number of amides is 1. The summed E-state index contributed by atoms with van der Waals surface area (Å²) in [5, 5.41) is 11.4. The Morgan fingerprint density at radius 1 is 1.00 bits per heavy atom. The number of hydrogen-bond donors (Lipinski definition) is 1. The molecule has 3 heterocycles. The number of likely N-dealkylation sites (tertiary alicyclic amines) is 1. The smallest absolute Gasteiger partial charge is 0.295 e. The number of aliphatic hydroxyl groups is 1. The topological polar surface area (TPSA) is 97.8 Å². The lowest BCUT2D eigenvalue weighted by molar-refractivity contribution is -0.140. The molecule has 2 aromatic rings. The Balaban J connectivity index is 1.57. The molecule has 1 atom stereocenters. The summed E-state index contributed by atoms with van der Waals surface area (Å²) in [5.41, 5.74) is 1.06. The van der Waals surface area contributed by atoms with Crippen molar-refractivity contribution in [3.8, 4) is 17.2 Å². The van der Waals surface area contributed by atoms with E-state index in [1.54, 1.807) is 23.1 Å². The van der Waals surface area contributed by atoms with Crippen molar-refractivity contribution >= 4 is 17.4 Å². The fourth-order valence-electron chi connectivity index (χ4n) is 4.85. The van der Waals surface area contributed by atoms with E-state index < -0.39 is 17.7 Å². The normalized spacial score (nSPS) is 21.6. The molecule has 3 aliphatic heterocycles. The highest BCUT2D eigenvalue weighted by Gasteiger charge is 2.47. The average molecular weight is 495 g/mol. The number of carbonyl (C=O) groups is 2. The van der Waals surface area contributed by atoms with Gasteiger partial charge in [-0.15, -0.1) is 0 Å². The second-order valence-corrected chi connectivity index (χ2v) is 8.78. The minimum absolute atomic E-state index is 0.0332. The highest BCUT2D eigenvalue weighted by atomic mass is 16.6. The molecule has 190 valence electrons. The van der Waals surface area contributed by atoms with Crippen LogP contribution in [0.5, 0.6) is 17.2 Å². The molecule has 1 N–H and O–H groups in total. The van der Waals surface area contributed by atoms with Crippen LogP contribution in [-0.4, -0.2) is 85.8 Å². The summed E-state index contributed by atoms with van der Waals surface area (Å²) in [6, 6.07) is 11.5. The Morgan fingerprint density at radius 2 is 1.75 bits per heavy atom. The van der Waals surface area contributed by atoms with Crippen LogP contribution in [0.3, 0.4) is 0 Å². The number of Topliss-reactive ketones (excluding diaryl/α,β-unsaturated/α-hetero) is 1. The minimum atomic E-state index is -0.790. The van der Waals surface area contributed by atoms with Crippen molar-refractivity contribution in [1.29, 1.82) is 0 Å². The molecule has 0 aromatic heterocycles. The van der Waals surface area contributed by atoms with Gasteiger partial charge >= 0.3 is 0 Å². The Kier molecular flexibility index (Phi) is 7.11. The second kappa shape index (κ2) is 10.6. The minimum Gasteiger partial charge on any atom is -0.507 e. The van der Waals surface area contributed by atoms with Crippen molar-refractivity contribution < 1.29 is 33.6 Å². The summed E-state index contributed by atoms with van der Waals surface area (Å²) in [5.74, 6) is 0.00582. The maximum absolute atomic E-state index is 13.4. The highest BCUT2D eigenvalue weighted by Crippen LogP contribution is 2.43. The van der Waals surface area contributed by atoms with E-state index in [9.17, 15) is 14.7 Å². The molecule has 0 radical (unpaired) electrons. The Morgan fingerprint density at radius 3 is 2.53 bits per heavy atom. The summed E-state index contributed by atoms with van der Waals surface area (Å²) in [7, 11) is 0. The first-order chi connectivity index (χ1) is 17.6. The number of carbonyl (C=O) groups excluding carboxylic acids is 2. The summed E-state index contributed by atoms with van der Waals surface area (Å²) in [6.45, 7) is 6.86. The SMILES string of the molecule is CCOc1ccccc1C1/C(=C(\O)c2ccc3c(c2)OCCO3)C(=O)C(=O)N1CCN1CCOCC1. The average Bonchev–Trinajstić information content (AvgIpc) is 3.17. The number of ether oxygens (including phenoxy) is 4. The third-order valence-electron chi connectivity index (χ3n) is 6.63. The number of para-hydroxylation sites is 1. The Labute approximate surface area is 209 Å². The zero-order valence-electron chi connectivity index (χ0n) is 20.3. The first-order valence-electron chi connectivity index (χ1n) is 12.3. The van der Waals surface area contributed by atoms with Crippen molar-refractivity contribution in [2.75, 3.05) is 59.2 Å². The number of fused-ring (bicyclic) bond motifs is 1. The molecule has 0 saturated carbocycles. The predicted octanol–water partition coefficient (Wildman–Crippen LogP) is 2.61. The molecule has 36 heavy (non-hydrogen) atoms. The number of rotatable bonds is 7. The first-order valence-corrected chi connectivity index (χ1v) is 12.3. The van der Waals surface area contributed by atoms with Gasteiger partial charge in [0, 0.05) is 37.3 Å². The number of nitrogens with zero attached hydrogens (tertiary/aromatic N) is 2. The van der Waals surface area contributed by atoms with Crippen LogP contribution in [0.15, 0.2) is 48.0 Å². The van der Waals surface area contributed by atoms with Gasteiger partial charge in [-0.3, -0.25) is 14.5 Å². The zero-order chi connectivity index (χ0) is 25.1. The van der Waals surface area contributed by atoms with Gasteiger partial charge in [0.15, 0.2) is 11.5 Å². The van der Waals surface area contributed by atoms with Gasteiger partial charge in [-0.1, -0.05) is 18.2 Å². The van der Waals surface area contributed by atoms with Crippen molar-refractivity contribution in [3.63, 3.8) is 0 Å². The van der Waals surface area contributed by atoms with Gasteiger partial charge in [-0.25, -0.2) is 0 Å². The lowest BCUT2D eigenvalue weighted by Gasteiger charge is -2.31. The van der Waals surface area contributed by atoms with Crippen LogP contribution in [0, 0.1) is 0 Å². The van der Waals surface area contributed by atoms with Gasteiger partial charge in [-0.2, -0.15) is 0 Å². The standard InChI is InChI=1S/C27H30N2O7/c1-2-34-20-6-4-3-5-19(20)24-23(25(30)18-7-8-21-22(17-18)36-16-15-35-21)26(31)27(32)29(24)10-9-28-11-13-33-14-12-28/h3-8,17,24,30H,2,9-16H2,1H3/b25-23+. The largest absolute Gasteiger partial charge is 0.507 e. The molecule has 2 aromatic carbocycles. The van der Waals surface area contributed by atoms with Crippen LogP contribution < -0.4 is 14.2 Å². The number of benzene rings is 2. The summed E-state index contributed by atoms with van der Waals surface area (Å²) >= 11 is 0. The fraction of sp³-hybridized carbons (Fsp3) is 0.407. The van der Waals surface area contributed by atoms with E-state index >= 15 is 0 Å². The van der Waals surface area contributed by atoms with Gasteiger partial charge in [0.05, 0.1) is 31.4 Å². The molecule has 0 bridgehead atoms. The van der Waals surface area contributed by atoms with Crippen LogP contribution in [0.4, 0.5) is 0 Å². The van der Waals surface area contributed by atoms with Gasteiger partial charge in [-0.05, 0) is 31.2 Å². The van der Waals surface area contributed by atoms with E-state index in [0.29, 0.717) is 74.5 Å². The molecule has 9 heteroatoms. The Bertz CT molecular complexity index is 1170. The molecule has 0 spiro atoms. The molecule has 3 aliphatic rings. The van der Waals surface area contributed by atoms with E-state index in [1.807, 2.05) is 31.2 Å². The van der Waals surface area contributed by atoms with Gasteiger partial charge in [0.1, 0.15) is 24.7 Å². The maximum atomic E-state index is 13.4. The second-order valence-electron chi connectivity index (χ2n) is 8.78. The van der Waals surface area contributed by atoms with E-state index in [4.69, 9.17) is 18.9 Å². The van der Waals surface area contributed by atoms with Crippen LogP contribution in [-0.2, 0) is 14.3 Å². The van der Waals surface area contributed by atoms with Crippen molar-refractivity contribution in [2.45, 2.75) is 13.0 Å². The molecule has 0 aliphatic carbocycles. The summed E-state index contributed by atoms with van der Waals surface area (Å²) < 4.78 is 22.5. The van der Waals surface area contributed by atoms with Crippen molar-refractivity contribution in [2.24, 2.45) is 0 Å². The van der Waals surface area contributed by atoms with Crippen LogP contribution in [0.2, 0.25) is 0 Å². The van der Waals surface area contributed by atoms with Gasteiger partial charge < -0.3 is 29.0 Å². The van der Waals surface area contributed by atoms with E-state index in [0.717, 1.165) is 13.1 Å². The van der Waals surface area contributed by atoms with Gasteiger partial charge in [0.2, 0.25) is 0 Å².